The summed E-state index contributed by atoms with van der Waals surface area (Å²) in [7, 11) is 2.95. The lowest BCUT2D eigenvalue weighted by Crippen LogP contribution is -2.28. The SMILES string of the molecule is CCOC(=O)c1c(OC)c(OC(C)C)c(-c2ccccc2)c(=O)n1C. The summed E-state index contributed by atoms with van der Waals surface area (Å²) in [5, 5.41) is 0. The highest BCUT2D eigenvalue weighted by atomic mass is 16.5. The molecule has 0 fully saturated rings. The Balaban J connectivity index is 2.87. The van der Waals surface area contributed by atoms with E-state index in [1.165, 1.54) is 18.7 Å². The van der Waals surface area contributed by atoms with Crippen LogP contribution in [0.1, 0.15) is 31.3 Å². The van der Waals surface area contributed by atoms with Crippen molar-refractivity contribution >= 4 is 5.97 Å². The van der Waals surface area contributed by atoms with Crippen molar-refractivity contribution in [2.45, 2.75) is 26.9 Å². The predicted octanol–water partition coefficient (Wildman–Crippen LogP) is 3.02. The second-order valence-corrected chi connectivity index (χ2v) is 5.70. The standard InChI is InChI=1S/C19H23NO5/c1-6-24-19(22)15-17(23-5)16(25-12(2)3)14(18(21)20(15)4)13-10-8-7-9-11-13/h7-12H,6H2,1-5H3. The second-order valence-electron chi connectivity index (χ2n) is 5.70. The van der Waals surface area contributed by atoms with Crippen molar-refractivity contribution in [1.82, 2.24) is 4.57 Å². The first kappa shape index (κ1) is 18.6. The van der Waals surface area contributed by atoms with Crippen LogP contribution in [0.2, 0.25) is 0 Å². The molecule has 0 saturated heterocycles. The molecule has 6 nitrogen and oxygen atoms in total. The van der Waals surface area contributed by atoms with Gasteiger partial charge in [-0.2, -0.15) is 0 Å². The highest BCUT2D eigenvalue weighted by Crippen LogP contribution is 2.39. The Hall–Kier alpha value is -2.76. The minimum atomic E-state index is -0.632. The lowest BCUT2D eigenvalue weighted by Gasteiger charge is -2.21. The maximum atomic E-state index is 13.0. The summed E-state index contributed by atoms with van der Waals surface area (Å²) in [5.41, 5.74) is 0.713. The molecule has 0 spiro atoms. The topological polar surface area (TPSA) is 66.8 Å². The normalized spacial score (nSPS) is 10.6. The minimum absolute atomic E-state index is 0.0321. The van der Waals surface area contributed by atoms with Gasteiger partial charge in [0.05, 0.1) is 25.4 Å². The molecule has 0 unspecified atom stereocenters. The second kappa shape index (κ2) is 7.88. The van der Waals surface area contributed by atoms with E-state index in [1.807, 2.05) is 44.2 Å². The van der Waals surface area contributed by atoms with Crippen LogP contribution in [0.15, 0.2) is 35.1 Å². The molecule has 6 heteroatoms. The first-order valence-corrected chi connectivity index (χ1v) is 8.12. The van der Waals surface area contributed by atoms with Gasteiger partial charge in [-0.25, -0.2) is 4.79 Å². The summed E-state index contributed by atoms with van der Waals surface area (Å²) in [5.74, 6) is -0.199. The molecule has 1 aromatic carbocycles. The Labute approximate surface area is 147 Å². The van der Waals surface area contributed by atoms with Gasteiger partial charge in [0.15, 0.2) is 17.2 Å². The number of pyridine rings is 1. The van der Waals surface area contributed by atoms with E-state index >= 15 is 0 Å². The number of esters is 1. The zero-order chi connectivity index (χ0) is 18.6. The van der Waals surface area contributed by atoms with Crippen LogP contribution in [0.3, 0.4) is 0 Å². The first-order chi connectivity index (χ1) is 11.9. The molecule has 1 aromatic heterocycles. The number of carbonyl (C=O) groups is 1. The fraction of sp³-hybridized carbons (Fsp3) is 0.368. The van der Waals surface area contributed by atoms with Crippen molar-refractivity contribution in [3.05, 3.63) is 46.4 Å². The molecule has 1 heterocycles. The summed E-state index contributed by atoms with van der Waals surface area (Å²) >= 11 is 0. The first-order valence-electron chi connectivity index (χ1n) is 8.12. The van der Waals surface area contributed by atoms with Gasteiger partial charge < -0.3 is 18.8 Å². The van der Waals surface area contributed by atoms with Crippen LogP contribution < -0.4 is 15.0 Å². The van der Waals surface area contributed by atoms with Crippen molar-refractivity contribution in [3.63, 3.8) is 0 Å². The Morgan fingerprint density at radius 2 is 1.80 bits per heavy atom. The molecule has 0 saturated carbocycles. The van der Waals surface area contributed by atoms with Gasteiger partial charge in [-0.05, 0) is 26.3 Å². The van der Waals surface area contributed by atoms with Gasteiger partial charge in [0.25, 0.3) is 5.56 Å². The number of methoxy groups -OCH3 is 1. The summed E-state index contributed by atoms with van der Waals surface area (Å²) in [6, 6.07) is 9.15. The van der Waals surface area contributed by atoms with E-state index in [4.69, 9.17) is 14.2 Å². The van der Waals surface area contributed by atoms with Crippen molar-refractivity contribution in [2.24, 2.45) is 7.05 Å². The van der Waals surface area contributed by atoms with E-state index in [0.29, 0.717) is 11.1 Å². The Kier molecular flexibility index (Phi) is 5.85. The van der Waals surface area contributed by atoms with E-state index < -0.39 is 5.97 Å². The maximum absolute atomic E-state index is 13.0. The third kappa shape index (κ3) is 3.68. The molecule has 0 radical (unpaired) electrons. The average molecular weight is 345 g/mol. The number of carbonyl (C=O) groups excluding carboxylic acids is 1. The third-order valence-corrected chi connectivity index (χ3v) is 3.59. The van der Waals surface area contributed by atoms with Crippen LogP contribution >= 0.6 is 0 Å². The molecule has 0 aliphatic heterocycles. The summed E-state index contributed by atoms with van der Waals surface area (Å²) in [6.45, 7) is 5.58. The Morgan fingerprint density at radius 3 is 2.32 bits per heavy atom. The van der Waals surface area contributed by atoms with Crippen LogP contribution in [-0.4, -0.2) is 30.4 Å². The predicted molar refractivity (Wildman–Crippen MR) is 95.4 cm³/mol. The lowest BCUT2D eigenvalue weighted by atomic mass is 10.0. The number of hydrogen-bond donors (Lipinski definition) is 0. The smallest absolute Gasteiger partial charge is 0.359 e. The number of ether oxygens (including phenoxy) is 3. The van der Waals surface area contributed by atoms with Crippen LogP contribution in [0, 0.1) is 0 Å². The zero-order valence-electron chi connectivity index (χ0n) is 15.2. The fourth-order valence-electron chi connectivity index (χ4n) is 2.57. The zero-order valence-corrected chi connectivity index (χ0v) is 15.2. The molecule has 0 atom stereocenters. The van der Waals surface area contributed by atoms with Gasteiger partial charge >= 0.3 is 5.97 Å². The van der Waals surface area contributed by atoms with Crippen LogP contribution in [0.25, 0.3) is 11.1 Å². The molecular formula is C19H23NO5. The van der Waals surface area contributed by atoms with Crippen LogP contribution in [0.4, 0.5) is 0 Å². The number of benzene rings is 1. The molecule has 2 aromatic rings. The van der Waals surface area contributed by atoms with Gasteiger partial charge in [0.1, 0.15) is 0 Å². The van der Waals surface area contributed by atoms with Gasteiger partial charge in [-0.1, -0.05) is 30.3 Å². The lowest BCUT2D eigenvalue weighted by molar-refractivity contribution is 0.0507. The summed E-state index contributed by atoms with van der Waals surface area (Å²) in [6.07, 6.45) is -0.210. The minimum Gasteiger partial charge on any atom is -0.491 e. The molecule has 134 valence electrons. The molecule has 0 N–H and O–H groups in total. The molecular weight excluding hydrogens is 322 g/mol. The van der Waals surface area contributed by atoms with E-state index in [2.05, 4.69) is 0 Å². The van der Waals surface area contributed by atoms with Crippen LogP contribution in [0.5, 0.6) is 11.5 Å². The molecule has 0 amide bonds. The van der Waals surface area contributed by atoms with Gasteiger partial charge in [-0.3, -0.25) is 4.79 Å². The summed E-state index contributed by atoms with van der Waals surface area (Å²) in [4.78, 5) is 25.4. The van der Waals surface area contributed by atoms with E-state index in [1.54, 1.807) is 6.92 Å². The maximum Gasteiger partial charge on any atom is 0.359 e. The molecule has 0 aliphatic rings. The summed E-state index contributed by atoms with van der Waals surface area (Å²) < 4.78 is 17.7. The molecule has 2 rings (SSSR count). The van der Waals surface area contributed by atoms with Gasteiger partial charge in [0.2, 0.25) is 0 Å². The van der Waals surface area contributed by atoms with E-state index in [0.717, 1.165) is 0 Å². The van der Waals surface area contributed by atoms with Crippen molar-refractivity contribution < 1.29 is 19.0 Å². The van der Waals surface area contributed by atoms with Gasteiger partial charge in [0, 0.05) is 7.05 Å². The average Bonchev–Trinajstić information content (AvgIpc) is 2.58. The Bertz CT molecular complexity index is 809. The van der Waals surface area contributed by atoms with E-state index in [-0.39, 0.29) is 35.5 Å². The molecule has 25 heavy (non-hydrogen) atoms. The van der Waals surface area contributed by atoms with E-state index in [9.17, 15) is 9.59 Å². The third-order valence-electron chi connectivity index (χ3n) is 3.59. The molecule has 0 aliphatic carbocycles. The number of hydrogen-bond acceptors (Lipinski definition) is 5. The number of nitrogens with zero attached hydrogens (tertiary/aromatic N) is 1. The number of aromatic nitrogens is 1. The van der Waals surface area contributed by atoms with Gasteiger partial charge in [-0.15, -0.1) is 0 Å². The Morgan fingerprint density at radius 1 is 1.16 bits per heavy atom. The largest absolute Gasteiger partial charge is 0.491 e. The number of rotatable bonds is 6. The van der Waals surface area contributed by atoms with Crippen LogP contribution in [-0.2, 0) is 11.8 Å². The van der Waals surface area contributed by atoms with Crippen molar-refractivity contribution in [2.75, 3.05) is 13.7 Å². The monoisotopic (exact) mass is 345 g/mol. The highest BCUT2D eigenvalue weighted by molar-refractivity contribution is 5.93. The fourth-order valence-corrected chi connectivity index (χ4v) is 2.57. The van der Waals surface area contributed by atoms with Crippen molar-refractivity contribution in [3.8, 4) is 22.6 Å². The van der Waals surface area contributed by atoms with Crippen molar-refractivity contribution in [1.29, 1.82) is 0 Å². The highest BCUT2D eigenvalue weighted by Gasteiger charge is 2.28. The quantitative estimate of drug-likeness (QED) is 0.753. The molecule has 0 bridgehead atoms.